The molecule has 8 heteroatoms. The third-order valence-corrected chi connectivity index (χ3v) is 4.30. The molecule has 0 atom stereocenters. The van der Waals surface area contributed by atoms with E-state index in [1.54, 1.807) is 18.2 Å². The third-order valence-electron chi connectivity index (χ3n) is 2.69. The summed E-state index contributed by atoms with van der Waals surface area (Å²) in [5, 5.41) is 2.48. The van der Waals surface area contributed by atoms with Crippen LogP contribution < -0.4 is 15.8 Å². The van der Waals surface area contributed by atoms with Crippen LogP contribution in [0.2, 0.25) is 0 Å². The van der Waals surface area contributed by atoms with Crippen LogP contribution in [0.1, 0.15) is 6.42 Å². The molecule has 1 amide bonds. The van der Waals surface area contributed by atoms with Gasteiger partial charge in [0.2, 0.25) is 5.91 Å². The molecule has 0 aromatic heterocycles. The second-order valence-electron chi connectivity index (χ2n) is 4.44. The van der Waals surface area contributed by atoms with Crippen LogP contribution in [-0.4, -0.2) is 46.7 Å². The smallest absolute Gasteiger partial charge is 0.239 e. The second-order valence-corrected chi connectivity index (χ2v) is 6.62. The Hall–Kier alpha value is -1.80. The van der Waals surface area contributed by atoms with Crippen LogP contribution >= 0.6 is 0 Å². The Morgan fingerprint density at radius 1 is 1.33 bits per heavy atom. The number of anilines is 2. The van der Waals surface area contributed by atoms with Gasteiger partial charge >= 0.3 is 0 Å². The van der Waals surface area contributed by atoms with Crippen LogP contribution in [0.25, 0.3) is 0 Å². The number of methoxy groups -OCH3 is 2. The highest BCUT2D eigenvalue weighted by Gasteiger charge is 2.17. The summed E-state index contributed by atoms with van der Waals surface area (Å²) in [6.45, 7) is 0.340. The number of nitrogen functional groups attached to an aromatic ring is 1. The number of hydrogen-bond donors (Lipinski definition) is 2. The van der Waals surface area contributed by atoms with Crippen molar-refractivity contribution < 1.29 is 22.7 Å². The Bertz CT molecular complexity index is 586. The Morgan fingerprint density at radius 2 is 2.05 bits per heavy atom. The minimum Gasteiger partial charge on any atom is -0.497 e. The third kappa shape index (κ3) is 6.01. The largest absolute Gasteiger partial charge is 0.497 e. The molecule has 21 heavy (non-hydrogen) atoms. The van der Waals surface area contributed by atoms with Gasteiger partial charge in [0.15, 0.2) is 9.84 Å². The fraction of sp³-hybridized carbons (Fsp3) is 0.462. The van der Waals surface area contributed by atoms with Crippen LogP contribution in [0, 0.1) is 0 Å². The van der Waals surface area contributed by atoms with Gasteiger partial charge in [-0.05, 0) is 18.6 Å². The van der Waals surface area contributed by atoms with Gasteiger partial charge in [0.05, 0.1) is 24.2 Å². The van der Waals surface area contributed by atoms with Gasteiger partial charge in [0.1, 0.15) is 11.5 Å². The summed E-state index contributed by atoms with van der Waals surface area (Å²) in [5.74, 6) is -0.740. The number of benzene rings is 1. The standard InChI is InChI=1S/C13H20N2O5S/c1-19-6-3-7-21(17,18)9-13(16)15-12-5-4-10(20-2)8-11(12)14/h4-5,8H,3,6-7,9,14H2,1-2H3,(H,15,16). The molecule has 7 nitrogen and oxygen atoms in total. The summed E-state index contributed by atoms with van der Waals surface area (Å²) < 4.78 is 33.2. The highest BCUT2D eigenvalue weighted by atomic mass is 32.2. The van der Waals surface area contributed by atoms with Gasteiger partial charge in [0, 0.05) is 19.8 Å². The first-order valence-electron chi connectivity index (χ1n) is 6.30. The molecule has 1 aromatic carbocycles. The Morgan fingerprint density at radius 3 is 2.62 bits per heavy atom. The zero-order valence-corrected chi connectivity index (χ0v) is 12.9. The number of carbonyl (C=O) groups is 1. The van der Waals surface area contributed by atoms with E-state index in [-0.39, 0.29) is 5.75 Å². The van der Waals surface area contributed by atoms with Crippen molar-refractivity contribution in [3.63, 3.8) is 0 Å². The summed E-state index contributed by atoms with van der Waals surface area (Å²) in [6.07, 6.45) is 0.358. The van der Waals surface area contributed by atoms with Crippen LogP contribution in [0.15, 0.2) is 18.2 Å². The van der Waals surface area contributed by atoms with Crippen LogP contribution in [0.4, 0.5) is 11.4 Å². The van der Waals surface area contributed by atoms with E-state index >= 15 is 0 Å². The average Bonchev–Trinajstić information content (AvgIpc) is 2.40. The Labute approximate surface area is 124 Å². The first-order valence-corrected chi connectivity index (χ1v) is 8.13. The summed E-state index contributed by atoms with van der Waals surface area (Å²) in [6, 6.07) is 4.73. The number of nitrogens with one attached hydrogen (secondary N) is 1. The average molecular weight is 316 g/mol. The molecule has 0 spiro atoms. The Kier molecular flexibility index (Phi) is 6.44. The van der Waals surface area contributed by atoms with Gasteiger partial charge in [-0.3, -0.25) is 4.79 Å². The molecule has 0 bridgehead atoms. The molecule has 0 radical (unpaired) electrons. The molecule has 1 aromatic rings. The number of amides is 1. The van der Waals surface area contributed by atoms with Gasteiger partial charge in [-0.1, -0.05) is 0 Å². The quantitative estimate of drug-likeness (QED) is 0.539. The normalized spacial score (nSPS) is 11.1. The van der Waals surface area contributed by atoms with Crippen molar-refractivity contribution >= 4 is 27.1 Å². The molecule has 0 aliphatic rings. The maximum atomic E-state index is 11.8. The van der Waals surface area contributed by atoms with Crippen LogP contribution in [-0.2, 0) is 19.4 Å². The number of rotatable bonds is 8. The molecule has 3 N–H and O–H groups in total. The van der Waals surface area contributed by atoms with Crippen molar-refractivity contribution in [1.82, 2.24) is 0 Å². The van der Waals surface area contributed by atoms with Crippen molar-refractivity contribution in [2.45, 2.75) is 6.42 Å². The molecular weight excluding hydrogens is 296 g/mol. The SMILES string of the molecule is COCCCS(=O)(=O)CC(=O)Nc1ccc(OC)cc1N. The molecule has 0 aliphatic carbocycles. The summed E-state index contributed by atoms with van der Waals surface area (Å²) in [5.41, 5.74) is 6.41. The second kappa shape index (κ2) is 7.84. The molecule has 0 fully saturated rings. The minimum atomic E-state index is -3.46. The first kappa shape index (κ1) is 17.3. The molecule has 0 heterocycles. The number of nitrogens with two attached hydrogens (primary N) is 1. The van der Waals surface area contributed by atoms with E-state index in [0.29, 0.717) is 30.2 Å². The van der Waals surface area contributed by atoms with Crippen molar-refractivity contribution in [3.8, 4) is 5.75 Å². The van der Waals surface area contributed by atoms with Gasteiger partial charge in [0.25, 0.3) is 0 Å². The molecule has 0 saturated heterocycles. The summed E-state index contributed by atoms with van der Waals surface area (Å²) >= 11 is 0. The van der Waals surface area contributed by atoms with E-state index < -0.39 is 21.5 Å². The zero-order valence-electron chi connectivity index (χ0n) is 12.1. The van der Waals surface area contributed by atoms with E-state index in [9.17, 15) is 13.2 Å². The number of sulfone groups is 1. The van der Waals surface area contributed by atoms with Crippen molar-refractivity contribution in [2.24, 2.45) is 0 Å². The molecule has 118 valence electrons. The monoisotopic (exact) mass is 316 g/mol. The number of carbonyl (C=O) groups excluding carboxylic acids is 1. The molecule has 0 aliphatic heterocycles. The molecule has 1 rings (SSSR count). The van der Waals surface area contributed by atoms with E-state index in [1.165, 1.54) is 14.2 Å². The van der Waals surface area contributed by atoms with Gasteiger partial charge in [-0.15, -0.1) is 0 Å². The van der Waals surface area contributed by atoms with Crippen molar-refractivity contribution in [1.29, 1.82) is 0 Å². The Balaban J connectivity index is 2.61. The van der Waals surface area contributed by atoms with Gasteiger partial charge in [-0.2, -0.15) is 0 Å². The van der Waals surface area contributed by atoms with E-state index in [0.717, 1.165) is 0 Å². The summed E-state index contributed by atoms with van der Waals surface area (Å²) in [7, 11) is -0.465. The zero-order chi connectivity index (χ0) is 15.9. The fourth-order valence-electron chi connectivity index (χ4n) is 1.66. The molecule has 0 saturated carbocycles. The van der Waals surface area contributed by atoms with Crippen molar-refractivity contribution in [2.75, 3.05) is 43.4 Å². The highest BCUT2D eigenvalue weighted by Crippen LogP contribution is 2.23. The van der Waals surface area contributed by atoms with Gasteiger partial charge in [-0.25, -0.2) is 8.42 Å². The predicted molar refractivity (Wildman–Crippen MR) is 81.2 cm³/mol. The van der Waals surface area contributed by atoms with E-state index in [2.05, 4.69) is 5.32 Å². The van der Waals surface area contributed by atoms with E-state index in [1.807, 2.05) is 0 Å². The van der Waals surface area contributed by atoms with Gasteiger partial charge < -0.3 is 20.5 Å². The minimum absolute atomic E-state index is 0.0909. The molecule has 0 unspecified atom stereocenters. The van der Waals surface area contributed by atoms with Crippen LogP contribution in [0.5, 0.6) is 5.75 Å². The number of ether oxygens (including phenoxy) is 2. The lowest BCUT2D eigenvalue weighted by Gasteiger charge is -2.10. The summed E-state index contributed by atoms with van der Waals surface area (Å²) in [4.78, 5) is 11.8. The van der Waals surface area contributed by atoms with E-state index in [4.69, 9.17) is 15.2 Å². The number of hydrogen-bond acceptors (Lipinski definition) is 6. The fourth-order valence-corrected chi connectivity index (χ4v) is 2.84. The maximum Gasteiger partial charge on any atom is 0.239 e. The first-order chi connectivity index (χ1) is 9.88. The van der Waals surface area contributed by atoms with Crippen molar-refractivity contribution in [3.05, 3.63) is 18.2 Å². The lowest BCUT2D eigenvalue weighted by molar-refractivity contribution is -0.113. The maximum absolute atomic E-state index is 11.8. The lowest BCUT2D eigenvalue weighted by atomic mass is 10.2. The highest BCUT2D eigenvalue weighted by molar-refractivity contribution is 7.92. The van der Waals surface area contributed by atoms with Crippen LogP contribution in [0.3, 0.4) is 0 Å². The molecular formula is C13H20N2O5S. The lowest BCUT2D eigenvalue weighted by Crippen LogP contribution is -2.25. The predicted octanol–water partition coefficient (Wildman–Crippen LogP) is 0.667. The topological polar surface area (TPSA) is 108 Å².